The molecule has 2 N–H and O–H groups in total. The Balaban J connectivity index is 1.45. The Labute approximate surface area is 164 Å². The van der Waals surface area contributed by atoms with Crippen LogP contribution in [0.4, 0.5) is 0 Å². The number of carbonyl (C=O) groups is 2. The molecule has 6 heteroatoms. The number of esters is 2. The van der Waals surface area contributed by atoms with E-state index in [1.807, 2.05) is 0 Å². The minimum Gasteiger partial charge on any atom is -0.508 e. The first-order valence-corrected chi connectivity index (χ1v) is 9.52. The highest BCUT2D eigenvalue weighted by Crippen LogP contribution is 2.18. The molecule has 0 saturated carbocycles. The molecule has 0 aliphatic rings. The molecule has 0 aliphatic carbocycles. The van der Waals surface area contributed by atoms with E-state index in [0.717, 1.165) is 38.5 Å². The van der Waals surface area contributed by atoms with E-state index in [0.29, 0.717) is 24.3 Å². The van der Waals surface area contributed by atoms with E-state index in [1.165, 1.54) is 24.3 Å². The van der Waals surface area contributed by atoms with Gasteiger partial charge in [-0.1, -0.05) is 25.7 Å². The molecule has 28 heavy (non-hydrogen) atoms. The topological polar surface area (TPSA) is 93.1 Å². The van der Waals surface area contributed by atoms with Crippen LogP contribution in [0.5, 0.6) is 23.0 Å². The van der Waals surface area contributed by atoms with Crippen molar-refractivity contribution in [2.75, 3.05) is 0 Å². The molecule has 0 spiro atoms. The van der Waals surface area contributed by atoms with Gasteiger partial charge in [-0.25, -0.2) is 0 Å². The van der Waals surface area contributed by atoms with Crippen LogP contribution in [0.15, 0.2) is 48.5 Å². The molecule has 0 heterocycles. The summed E-state index contributed by atoms with van der Waals surface area (Å²) in [6.45, 7) is 0. The highest BCUT2D eigenvalue weighted by atomic mass is 16.5. The summed E-state index contributed by atoms with van der Waals surface area (Å²) in [6.07, 6.45) is 6.11. The highest BCUT2D eigenvalue weighted by molar-refractivity contribution is 5.72. The van der Waals surface area contributed by atoms with Gasteiger partial charge in [0.1, 0.15) is 23.0 Å². The minimum absolute atomic E-state index is 0.133. The SMILES string of the molecule is O=C(CCCCCCCCC(=O)Oc1ccc(O)cc1)Oc1ccc(O)cc1. The summed E-state index contributed by atoms with van der Waals surface area (Å²) in [7, 11) is 0. The van der Waals surface area contributed by atoms with Crippen molar-refractivity contribution >= 4 is 11.9 Å². The number of unbranched alkanes of at least 4 members (excludes halogenated alkanes) is 5. The Bertz CT molecular complexity index is 671. The first-order chi connectivity index (χ1) is 13.5. The smallest absolute Gasteiger partial charge is 0.311 e. The molecule has 0 bridgehead atoms. The van der Waals surface area contributed by atoms with Crippen LogP contribution in [-0.2, 0) is 9.59 Å². The van der Waals surface area contributed by atoms with Gasteiger partial charge in [-0.15, -0.1) is 0 Å². The van der Waals surface area contributed by atoms with Gasteiger partial charge in [0.05, 0.1) is 0 Å². The van der Waals surface area contributed by atoms with Gasteiger partial charge in [-0.2, -0.15) is 0 Å². The molecule has 150 valence electrons. The molecule has 0 radical (unpaired) electrons. The summed E-state index contributed by atoms with van der Waals surface area (Å²) in [5, 5.41) is 18.4. The van der Waals surface area contributed by atoms with Gasteiger partial charge in [0.2, 0.25) is 0 Å². The summed E-state index contributed by atoms with van der Waals surface area (Å²) in [5.41, 5.74) is 0. The normalized spacial score (nSPS) is 10.4. The van der Waals surface area contributed by atoms with Crippen molar-refractivity contribution in [3.63, 3.8) is 0 Å². The number of benzene rings is 2. The number of aromatic hydroxyl groups is 2. The second-order valence-electron chi connectivity index (χ2n) is 6.56. The van der Waals surface area contributed by atoms with Gasteiger partial charge < -0.3 is 19.7 Å². The number of hydrogen-bond donors (Lipinski definition) is 2. The molecule has 0 amide bonds. The first-order valence-electron chi connectivity index (χ1n) is 9.52. The third-order valence-corrected chi connectivity index (χ3v) is 4.15. The number of rotatable bonds is 11. The minimum atomic E-state index is -0.275. The van der Waals surface area contributed by atoms with Crippen LogP contribution in [0.1, 0.15) is 51.4 Å². The average molecular weight is 386 g/mol. The van der Waals surface area contributed by atoms with Crippen LogP contribution in [0.25, 0.3) is 0 Å². The van der Waals surface area contributed by atoms with Crippen LogP contribution < -0.4 is 9.47 Å². The third-order valence-electron chi connectivity index (χ3n) is 4.15. The molecule has 2 rings (SSSR count). The maximum atomic E-state index is 11.7. The van der Waals surface area contributed by atoms with Crippen molar-refractivity contribution in [3.8, 4) is 23.0 Å². The number of phenols is 2. The summed E-state index contributed by atoms with van der Waals surface area (Å²) in [5.74, 6) is 0.580. The number of carbonyl (C=O) groups excluding carboxylic acids is 2. The molecule has 0 aromatic heterocycles. The summed E-state index contributed by atoms with van der Waals surface area (Å²) < 4.78 is 10.4. The molecule has 2 aromatic carbocycles. The Morgan fingerprint density at radius 1 is 0.571 bits per heavy atom. The van der Waals surface area contributed by atoms with Crippen LogP contribution in [0, 0.1) is 0 Å². The van der Waals surface area contributed by atoms with E-state index in [9.17, 15) is 19.8 Å². The predicted molar refractivity (Wildman–Crippen MR) is 104 cm³/mol. The van der Waals surface area contributed by atoms with Crippen molar-refractivity contribution in [2.24, 2.45) is 0 Å². The zero-order valence-electron chi connectivity index (χ0n) is 15.8. The zero-order chi connectivity index (χ0) is 20.2. The van der Waals surface area contributed by atoms with Crippen molar-refractivity contribution in [3.05, 3.63) is 48.5 Å². The Morgan fingerprint density at radius 3 is 1.25 bits per heavy atom. The summed E-state index contributed by atoms with van der Waals surface area (Å²) in [6, 6.07) is 12.1. The van der Waals surface area contributed by atoms with E-state index < -0.39 is 0 Å². The Morgan fingerprint density at radius 2 is 0.893 bits per heavy atom. The van der Waals surface area contributed by atoms with E-state index in [4.69, 9.17) is 9.47 Å². The van der Waals surface area contributed by atoms with Crippen LogP contribution in [0.2, 0.25) is 0 Å². The second kappa shape index (κ2) is 11.6. The molecule has 0 fully saturated rings. The van der Waals surface area contributed by atoms with Gasteiger partial charge in [0.15, 0.2) is 0 Å². The molecule has 6 nitrogen and oxygen atoms in total. The quantitative estimate of drug-likeness (QED) is 0.329. The molecular formula is C22H26O6. The van der Waals surface area contributed by atoms with Crippen molar-refractivity contribution in [1.82, 2.24) is 0 Å². The lowest BCUT2D eigenvalue weighted by molar-refractivity contribution is -0.135. The second-order valence-corrected chi connectivity index (χ2v) is 6.56. The largest absolute Gasteiger partial charge is 0.508 e. The lowest BCUT2D eigenvalue weighted by Gasteiger charge is -2.05. The fourth-order valence-electron chi connectivity index (χ4n) is 2.64. The molecule has 0 aliphatic heterocycles. The predicted octanol–water partition coefficient (Wildman–Crippen LogP) is 4.73. The maximum Gasteiger partial charge on any atom is 0.311 e. The maximum absolute atomic E-state index is 11.7. The number of ether oxygens (including phenoxy) is 2. The standard InChI is InChI=1S/C22H26O6/c23-17-9-13-19(14-10-17)27-21(25)7-5-3-1-2-4-6-8-22(26)28-20-15-11-18(24)12-16-20/h9-16,23-24H,1-8H2. The molecular weight excluding hydrogens is 360 g/mol. The third kappa shape index (κ3) is 8.58. The summed E-state index contributed by atoms with van der Waals surface area (Å²) in [4.78, 5) is 23.5. The average Bonchev–Trinajstić information content (AvgIpc) is 2.67. The molecule has 0 saturated heterocycles. The monoisotopic (exact) mass is 386 g/mol. The highest BCUT2D eigenvalue weighted by Gasteiger charge is 2.06. The molecule has 0 atom stereocenters. The van der Waals surface area contributed by atoms with Crippen molar-refractivity contribution in [1.29, 1.82) is 0 Å². The molecule has 0 unspecified atom stereocenters. The van der Waals surface area contributed by atoms with E-state index in [-0.39, 0.29) is 23.4 Å². The molecule has 2 aromatic rings. The number of hydrogen-bond acceptors (Lipinski definition) is 6. The Hall–Kier alpha value is -3.02. The fraction of sp³-hybridized carbons (Fsp3) is 0.364. The van der Waals surface area contributed by atoms with Crippen molar-refractivity contribution in [2.45, 2.75) is 51.4 Å². The van der Waals surface area contributed by atoms with Crippen LogP contribution >= 0.6 is 0 Å². The van der Waals surface area contributed by atoms with Crippen molar-refractivity contribution < 1.29 is 29.3 Å². The van der Waals surface area contributed by atoms with E-state index in [2.05, 4.69) is 0 Å². The Kier molecular flexibility index (Phi) is 8.85. The lowest BCUT2D eigenvalue weighted by atomic mass is 10.1. The zero-order valence-corrected chi connectivity index (χ0v) is 15.8. The van der Waals surface area contributed by atoms with Crippen LogP contribution in [0.3, 0.4) is 0 Å². The van der Waals surface area contributed by atoms with E-state index in [1.54, 1.807) is 24.3 Å². The fourth-order valence-corrected chi connectivity index (χ4v) is 2.64. The van der Waals surface area contributed by atoms with Gasteiger partial charge in [0, 0.05) is 12.8 Å². The van der Waals surface area contributed by atoms with Gasteiger partial charge in [-0.05, 0) is 61.4 Å². The van der Waals surface area contributed by atoms with Crippen LogP contribution in [-0.4, -0.2) is 22.2 Å². The first kappa shape index (κ1) is 21.3. The number of phenolic OH excluding ortho intramolecular Hbond substituents is 2. The van der Waals surface area contributed by atoms with E-state index >= 15 is 0 Å². The van der Waals surface area contributed by atoms with Gasteiger partial charge in [0.25, 0.3) is 0 Å². The summed E-state index contributed by atoms with van der Waals surface area (Å²) >= 11 is 0. The lowest BCUT2D eigenvalue weighted by Crippen LogP contribution is -2.07. The van der Waals surface area contributed by atoms with Gasteiger partial charge >= 0.3 is 11.9 Å². The van der Waals surface area contributed by atoms with Gasteiger partial charge in [-0.3, -0.25) is 9.59 Å².